The van der Waals surface area contributed by atoms with E-state index in [4.69, 9.17) is 4.74 Å². The van der Waals surface area contributed by atoms with Gasteiger partial charge < -0.3 is 19.2 Å². The molecule has 8 heteroatoms. The zero-order valence-corrected chi connectivity index (χ0v) is 16.0. The molecule has 0 aromatic carbocycles. The molecule has 2 aromatic heterocycles. The van der Waals surface area contributed by atoms with Crippen LogP contribution in [0, 0.1) is 0 Å². The zero-order valence-electron chi connectivity index (χ0n) is 16.0. The number of carbonyl (C=O) groups is 1. The fourth-order valence-electron chi connectivity index (χ4n) is 3.41. The smallest absolute Gasteiger partial charge is 0.278 e. The van der Waals surface area contributed by atoms with Crippen LogP contribution in [0.2, 0.25) is 0 Å². The summed E-state index contributed by atoms with van der Waals surface area (Å²) in [5.74, 6) is 1.15. The van der Waals surface area contributed by atoms with E-state index in [0.29, 0.717) is 36.7 Å². The van der Waals surface area contributed by atoms with Crippen LogP contribution >= 0.6 is 0 Å². The number of ether oxygens (including phenoxy) is 1. The van der Waals surface area contributed by atoms with Crippen molar-refractivity contribution in [2.75, 3.05) is 26.3 Å². The fraction of sp³-hybridized carbons (Fsp3) is 0.579. The first-order chi connectivity index (χ1) is 13.2. The molecular weight excluding hydrogens is 346 g/mol. The third-order valence-corrected chi connectivity index (χ3v) is 4.87. The Kier molecular flexibility index (Phi) is 6.39. The first-order valence-corrected chi connectivity index (χ1v) is 9.64. The Morgan fingerprint density at radius 1 is 1.30 bits per heavy atom. The summed E-state index contributed by atoms with van der Waals surface area (Å²) in [6.07, 6.45) is 7.32. The lowest BCUT2D eigenvalue weighted by atomic mass is 10.1. The Hall–Kier alpha value is -2.48. The highest BCUT2D eigenvalue weighted by Gasteiger charge is 2.18. The number of fused-ring (bicyclic) bond motifs is 1. The third-order valence-electron chi connectivity index (χ3n) is 4.87. The highest BCUT2D eigenvalue weighted by molar-refractivity contribution is 5.76. The van der Waals surface area contributed by atoms with Crippen LogP contribution in [0.4, 0.5) is 0 Å². The summed E-state index contributed by atoms with van der Waals surface area (Å²) in [5, 5.41) is 0. The second kappa shape index (κ2) is 8.94. The summed E-state index contributed by atoms with van der Waals surface area (Å²) in [6, 6.07) is 0. The summed E-state index contributed by atoms with van der Waals surface area (Å²) in [5.41, 5.74) is 1.98. The summed E-state index contributed by atoms with van der Waals surface area (Å²) >= 11 is 0. The molecule has 1 N–H and O–H groups in total. The Bertz CT molecular complexity index is 877. The van der Waals surface area contributed by atoms with Crippen molar-refractivity contribution in [2.45, 2.75) is 46.1 Å². The lowest BCUT2D eigenvalue weighted by Crippen LogP contribution is -2.26. The van der Waals surface area contributed by atoms with Gasteiger partial charge in [0.15, 0.2) is 11.2 Å². The van der Waals surface area contributed by atoms with Crippen LogP contribution in [0.15, 0.2) is 17.2 Å². The standard InChI is InChI=1S/C12H14N4O2.C7H13NO/c1-2-16-10(8-3-5-18-6-4-8)15-9-11(16)13-7-14-12(9)17;1-2-7(9)8-5-3-4-6-8/h3,7H,2,4-6H2,1H3,(H,13,14,17);2-6H2,1H3. The van der Waals surface area contributed by atoms with Gasteiger partial charge >= 0.3 is 0 Å². The number of aromatic amines is 1. The molecule has 146 valence electrons. The Morgan fingerprint density at radius 3 is 2.70 bits per heavy atom. The molecule has 0 aliphatic carbocycles. The van der Waals surface area contributed by atoms with Gasteiger partial charge in [0.25, 0.3) is 5.56 Å². The molecule has 1 amide bonds. The number of hydrogen-bond donors (Lipinski definition) is 1. The van der Waals surface area contributed by atoms with Crippen molar-refractivity contribution >= 4 is 22.6 Å². The number of imidazole rings is 1. The van der Waals surface area contributed by atoms with E-state index in [1.165, 1.54) is 19.2 Å². The van der Waals surface area contributed by atoms with Gasteiger partial charge in [0.1, 0.15) is 5.82 Å². The van der Waals surface area contributed by atoms with Gasteiger partial charge in [-0.1, -0.05) is 13.0 Å². The van der Waals surface area contributed by atoms with Gasteiger partial charge in [0.2, 0.25) is 5.91 Å². The molecule has 1 fully saturated rings. The lowest BCUT2D eigenvalue weighted by molar-refractivity contribution is -0.129. The molecule has 0 spiro atoms. The molecule has 4 heterocycles. The van der Waals surface area contributed by atoms with Gasteiger partial charge in [-0.25, -0.2) is 9.97 Å². The molecule has 0 atom stereocenters. The largest absolute Gasteiger partial charge is 0.377 e. The number of rotatable bonds is 3. The van der Waals surface area contributed by atoms with Gasteiger partial charge in [-0.15, -0.1) is 0 Å². The summed E-state index contributed by atoms with van der Waals surface area (Å²) in [4.78, 5) is 35.8. The molecular formula is C19H27N5O3. The number of carbonyl (C=O) groups excluding carboxylic acids is 1. The maximum Gasteiger partial charge on any atom is 0.278 e. The number of H-pyrrole nitrogens is 1. The van der Waals surface area contributed by atoms with Crippen LogP contribution in [0.5, 0.6) is 0 Å². The van der Waals surface area contributed by atoms with E-state index in [2.05, 4.69) is 15.0 Å². The van der Waals surface area contributed by atoms with Crippen molar-refractivity contribution in [3.63, 3.8) is 0 Å². The van der Waals surface area contributed by atoms with Crippen LogP contribution in [-0.2, 0) is 16.1 Å². The van der Waals surface area contributed by atoms with Crippen LogP contribution in [0.1, 0.15) is 45.4 Å². The molecule has 0 radical (unpaired) electrons. The minimum Gasteiger partial charge on any atom is -0.377 e. The minimum absolute atomic E-state index is 0.193. The quantitative estimate of drug-likeness (QED) is 0.888. The predicted molar refractivity (Wildman–Crippen MR) is 103 cm³/mol. The molecule has 1 saturated heterocycles. The van der Waals surface area contributed by atoms with Crippen LogP contribution in [0.25, 0.3) is 16.7 Å². The number of hydrogen-bond acceptors (Lipinski definition) is 5. The first-order valence-electron chi connectivity index (χ1n) is 9.64. The average molecular weight is 373 g/mol. The summed E-state index contributed by atoms with van der Waals surface area (Å²) in [7, 11) is 0. The van der Waals surface area contributed by atoms with E-state index in [0.717, 1.165) is 37.5 Å². The second-order valence-electron chi connectivity index (χ2n) is 6.58. The van der Waals surface area contributed by atoms with E-state index < -0.39 is 0 Å². The Labute approximate surface area is 158 Å². The van der Waals surface area contributed by atoms with Crippen LogP contribution in [-0.4, -0.2) is 56.6 Å². The number of aromatic nitrogens is 4. The van der Waals surface area contributed by atoms with E-state index >= 15 is 0 Å². The normalized spacial score (nSPS) is 16.8. The van der Waals surface area contributed by atoms with Gasteiger partial charge in [-0.3, -0.25) is 9.59 Å². The summed E-state index contributed by atoms with van der Waals surface area (Å²) in [6.45, 7) is 7.96. The minimum atomic E-state index is -0.193. The van der Waals surface area contributed by atoms with Gasteiger partial charge in [0.05, 0.1) is 19.5 Å². The fourth-order valence-corrected chi connectivity index (χ4v) is 3.41. The van der Waals surface area contributed by atoms with E-state index in [-0.39, 0.29) is 5.56 Å². The van der Waals surface area contributed by atoms with Gasteiger partial charge in [-0.05, 0) is 31.8 Å². The van der Waals surface area contributed by atoms with Crippen LogP contribution < -0.4 is 5.56 Å². The van der Waals surface area contributed by atoms with Crippen molar-refractivity contribution in [1.29, 1.82) is 0 Å². The van der Waals surface area contributed by atoms with Crippen molar-refractivity contribution < 1.29 is 9.53 Å². The molecule has 0 unspecified atom stereocenters. The number of amides is 1. The molecule has 0 saturated carbocycles. The average Bonchev–Trinajstić information content (AvgIpc) is 3.37. The summed E-state index contributed by atoms with van der Waals surface area (Å²) < 4.78 is 7.27. The Balaban J connectivity index is 0.000000197. The highest BCUT2D eigenvalue weighted by Crippen LogP contribution is 2.23. The van der Waals surface area contributed by atoms with Crippen molar-refractivity contribution in [3.8, 4) is 0 Å². The molecule has 27 heavy (non-hydrogen) atoms. The van der Waals surface area contributed by atoms with Gasteiger partial charge in [-0.2, -0.15) is 0 Å². The number of likely N-dealkylation sites (tertiary alicyclic amines) is 1. The molecule has 4 rings (SSSR count). The molecule has 2 aliphatic rings. The SMILES string of the molecule is CCC(=O)N1CCCC1.CCn1c(C2=CCOCC2)nc2c(=O)[nH]cnc21. The maximum atomic E-state index is 11.7. The molecule has 2 aliphatic heterocycles. The lowest BCUT2D eigenvalue weighted by Gasteiger charge is -2.13. The zero-order chi connectivity index (χ0) is 19.2. The van der Waals surface area contributed by atoms with Crippen molar-refractivity contribution in [2.24, 2.45) is 0 Å². The highest BCUT2D eigenvalue weighted by atomic mass is 16.5. The van der Waals surface area contributed by atoms with E-state index in [9.17, 15) is 9.59 Å². The second-order valence-corrected chi connectivity index (χ2v) is 6.58. The predicted octanol–water partition coefficient (Wildman–Crippen LogP) is 1.96. The Morgan fingerprint density at radius 2 is 2.07 bits per heavy atom. The number of aryl methyl sites for hydroxylation is 1. The van der Waals surface area contributed by atoms with Gasteiger partial charge in [0, 0.05) is 26.1 Å². The molecule has 2 aromatic rings. The number of nitrogens with zero attached hydrogens (tertiary/aromatic N) is 4. The third kappa shape index (κ3) is 4.27. The van der Waals surface area contributed by atoms with E-state index in [1.807, 2.05) is 29.4 Å². The monoisotopic (exact) mass is 373 g/mol. The maximum absolute atomic E-state index is 11.7. The molecule has 8 nitrogen and oxygen atoms in total. The van der Waals surface area contributed by atoms with Crippen LogP contribution in [0.3, 0.4) is 0 Å². The van der Waals surface area contributed by atoms with Crippen molar-refractivity contribution in [3.05, 3.63) is 28.6 Å². The van der Waals surface area contributed by atoms with E-state index in [1.54, 1.807) is 0 Å². The number of nitrogens with one attached hydrogen (secondary N) is 1. The van der Waals surface area contributed by atoms with Crippen molar-refractivity contribution in [1.82, 2.24) is 24.4 Å². The molecule has 0 bridgehead atoms. The topological polar surface area (TPSA) is 93.1 Å². The first kappa shape index (κ1) is 19.3.